The van der Waals surface area contributed by atoms with Crippen LogP contribution in [0.2, 0.25) is 0 Å². The normalized spacial score (nSPS) is 13.3. The van der Waals surface area contributed by atoms with E-state index < -0.39 is 21.5 Å². The van der Waals surface area contributed by atoms with Crippen molar-refractivity contribution >= 4 is 10.0 Å². The van der Waals surface area contributed by atoms with Crippen LogP contribution in [0.5, 0.6) is 0 Å². The van der Waals surface area contributed by atoms with E-state index >= 15 is 0 Å². The quantitative estimate of drug-likeness (QED) is 0.856. The van der Waals surface area contributed by atoms with Crippen LogP contribution in [0, 0.1) is 6.92 Å². The van der Waals surface area contributed by atoms with Gasteiger partial charge in [0.15, 0.2) is 0 Å². The van der Waals surface area contributed by atoms with Crippen molar-refractivity contribution in [3.8, 4) is 0 Å². The SMILES string of the molecule is Cc1c(C(C)NS(=O)(=O)c2c[nH]ccc2=O)cnn1C. The van der Waals surface area contributed by atoms with Crippen molar-refractivity contribution in [1.29, 1.82) is 0 Å². The molecule has 0 aliphatic heterocycles. The summed E-state index contributed by atoms with van der Waals surface area (Å²) in [7, 11) is -2.10. The molecular weight excluding hydrogens is 280 g/mol. The molecule has 1 unspecified atom stereocenters. The average Bonchev–Trinajstić information content (AvgIpc) is 2.70. The summed E-state index contributed by atoms with van der Waals surface area (Å²) in [6.45, 7) is 3.56. The molecule has 0 radical (unpaired) electrons. The van der Waals surface area contributed by atoms with Crippen molar-refractivity contribution in [1.82, 2.24) is 19.5 Å². The Hall–Kier alpha value is -1.93. The number of aromatic nitrogens is 3. The highest BCUT2D eigenvalue weighted by atomic mass is 32.2. The Bertz CT molecular complexity index is 776. The molecule has 0 amide bonds. The number of hydrogen-bond donors (Lipinski definition) is 2. The summed E-state index contributed by atoms with van der Waals surface area (Å²) < 4.78 is 28.5. The van der Waals surface area contributed by atoms with Crippen molar-refractivity contribution in [2.45, 2.75) is 24.8 Å². The number of nitrogens with one attached hydrogen (secondary N) is 2. The van der Waals surface area contributed by atoms with Crippen LogP contribution in [0.15, 0.2) is 34.3 Å². The van der Waals surface area contributed by atoms with E-state index in [2.05, 4.69) is 14.8 Å². The molecule has 0 bridgehead atoms. The zero-order valence-electron chi connectivity index (χ0n) is 11.4. The molecule has 2 N–H and O–H groups in total. The van der Waals surface area contributed by atoms with E-state index in [1.165, 1.54) is 18.5 Å². The number of sulfonamides is 1. The van der Waals surface area contributed by atoms with E-state index in [-0.39, 0.29) is 4.90 Å². The van der Waals surface area contributed by atoms with Crippen molar-refractivity contribution in [3.05, 3.63) is 46.1 Å². The number of aromatic amines is 1. The van der Waals surface area contributed by atoms with Gasteiger partial charge >= 0.3 is 0 Å². The molecule has 2 aromatic heterocycles. The Kier molecular flexibility index (Phi) is 3.78. The predicted molar refractivity (Wildman–Crippen MR) is 73.7 cm³/mol. The molecule has 0 aliphatic rings. The van der Waals surface area contributed by atoms with E-state index in [9.17, 15) is 13.2 Å². The fourth-order valence-electron chi connectivity index (χ4n) is 1.91. The van der Waals surface area contributed by atoms with Crippen molar-refractivity contribution < 1.29 is 8.42 Å². The van der Waals surface area contributed by atoms with Gasteiger partial charge in [0.2, 0.25) is 15.5 Å². The maximum absolute atomic E-state index is 12.2. The zero-order chi connectivity index (χ0) is 14.9. The maximum Gasteiger partial charge on any atom is 0.246 e. The van der Waals surface area contributed by atoms with Crippen LogP contribution in [-0.2, 0) is 17.1 Å². The summed E-state index contributed by atoms with van der Waals surface area (Å²) in [5.41, 5.74) is 1.08. The Labute approximate surface area is 116 Å². The highest BCUT2D eigenvalue weighted by Crippen LogP contribution is 2.18. The lowest BCUT2D eigenvalue weighted by Crippen LogP contribution is -2.30. The number of nitrogens with zero attached hydrogens (tertiary/aromatic N) is 2. The van der Waals surface area contributed by atoms with Crippen LogP contribution in [0.4, 0.5) is 0 Å². The predicted octanol–water partition coefficient (Wildman–Crippen LogP) is 0.456. The summed E-state index contributed by atoms with van der Waals surface area (Å²) >= 11 is 0. The highest BCUT2D eigenvalue weighted by Gasteiger charge is 2.22. The molecule has 0 fully saturated rings. The number of aryl methyl sites for hydroxylation is 1. The Balaban J connectivity index is 2.32. The summed E-state index contributed by atoms with van der Waals surface area (Å²) in [6, 6.07) is 0.697. The monoisotopic (exact) mass is 296 g/mol. The molecule has 0 aliphatic carbocycles. The number of hydrogen-bond acceptors (Lipinski definition) is 4. The highest BCUT2D eigenvalue weighted by molar-refractivity contribution is 7.89. The zero-order valence-corrected chi connectivity index (χ0v) is 12.2. The van der Waals surface area contributed by atoms with Crippen molar-refractivity contribution in [3.63, 3.8) is 0 Å². The first kappa shape index (κ1) is 14.5. The van der Waals surface area contributed by atoms with Crippen molar-refractivity contribution in [2.75, 3.05) is 0 Å². The van der Waals surface area contributed by atoms with Gasteiger partial charge in [-0.05, 0) is 13.8 Å². The molecule has 2 aromatic rings. The van der Waals surface area contributed by atoms with Crippen LogP contribution in [0.25, 0.3) is 0 Å². The molecule has 0 spiro atoms. The Morgan fingerprint density at radius 3 is 2.70 bits per heavy atom. The fraction of sp³-hybridized carbons (Fsp3) is 0.333. The molecule has 0 saturated carbocycles. The minimum Gasteiger partial charge on any atom is -0.366 e. The minimum absolute atomic E-state index is 0.298. The molecule has 20 heavy (non-hydrogen) atoms. The van der Waals surface area contributed by atoms with Gasteiger partial charge in [-0.1, -0.05) is 0 Å². The molecule has 108 valence electrons. The summed E-state index contributed by atoms with van der Waals surface area (Å²) in [6.07, 6.45) is 4.17. The first-order chi connectivity index (χ1) is 9.33. The van der Waals surface area contributed by atoms with E-state index in [0.29, 0.717) is 0 Å². The van der Waals surface area contributed by atoms with Crippen LogP contribution in [0.1, 0.15) is 24.2 Å². The van der Waals surface area contributed by atoms with Gasteiger partial charge in [-0.15, -0.1) is 0 Å². The van der Waals surface area contributed by atoms with Crippen LogP contribution < -0.4 is 10.2 Å². The smallest absolute Gasteiger partial charge is 0.246 e. The van der Waals surface area contributed by atoms with Crippen LogP contribution in [-0.4, -0.2) is 23.2 Å². The molecule has 7 nitrogen and oxygen atoms in total. The number of pyridine rings is 1. The average molecular weight is 296 g/mol. The van der Waals surface area contributed by atoms with E-state index in [0.717, 1.165) is 11.3 Å². The first-order valence-electron chi connectivity index (χ1n) is 6.01. The van der Waals surface area contributed by atoms with Gasteiger partial charge in [0.25, 0.3) is 0 Å². The third kappa shape index (κ3) is 2.66. The molecule has 0 saturated heterocycles. The standard InChI is InChI=1S/C12H16N4O3S/c1-8(10-6-14-16(3)9(10)2)15-20(18,19)12-7-13-5-4-11(12)17/h4-8,15H,1-3H3,(H,13,17). The van der Waals surface area contributed by atoms with E-state index in [4.69, 9.17) is 0 Å². The van der Waals surface area contributed by atoms with Gasteiger partial charge < -0.3 is 4.98 Å². The van der Waals surface area contributed by atoms with Gasteiger partial charge in [0, 0.05) is 42.8 Å². The fourth-order valence-corrected chi connectivity index (χ4v) is 3.19. The molecular formula is C12H16N4O3S. The van der Waals surface area contributed by atoms with Crippen LogP contribution in [0.3, 0.4) is 0 Å². The molecule has 0 aromatic carbocycles. The molecule has 2 rings (SSSR count). The second kappa shape index (κ2) is 5.22. The lowest BCUT2D eigenvalue weighted by molar-refractivity contribution is 0.565. The first-order valence-corrected chi connectivity index (χ1v) is 7.49. The summed E-state index contributed by atoms with van der Waals surface area (Å²) in [5.74, 6) is 0. The topological polar surface area (TPSA) is 96.8 Å². The minimum atomic E-state index is -3.88. The Morgan fingerprint density at radius 2 is 2.15 bits per heavy atom. The molecule has 1 atom stereocenters. The largest absolute Gasteiger partial charge is 0.366 e. The van der Waals surface area contributed by atoms with Crippen molar-refractivity contribution in [2.24, 2.45) is 7.05 Å². The van der Waals surface area contributed by atoms with Crippen LogP contribution >= 0.6 is 0 Å². The van der Waals surface area contributed by atoms with Gasteiger partial charge in [0.05, 0.1) is 6.20 Å². The number of H-pyrrole nitrogens is 1. The lowest BCUT2D eigenvalue weighted by Gasteiger charge is -2.13. The Morgan fingerprint density at radius 1 is 1.45 bits per heavy atom. The van der Waals surface area contributed by atoms with E-state index in [1.54, 1.807) is 24.9 Å². The van der Waals surface area contributed by atoms with Gasteiger partial charge in [-0.2, -0.15) is 5.10 Å². The third-order valence-corrected chi connectivity index (χ3v) is 4.71. The molecule has 8 heteroatoms. The third-order valence-electron chi connectivity index (χ3n) is 3.15. The lowest BCUT2D eigenvalue weighted by atomic mass is 10.1. The van der Waals surface area contributed by atoms with E-state index in [1.807, 2.05) is 6.92 Å². The second-order valence-corrected chi connectivity index (χ2v) is 6.21. The second-order valence-electron chi connectivity index (χ2n) is 4.52. The van der Waals surface area contributed by atoms with Gasteiger partial charge in [-0.3, -0.25) is 9.48 Å². The number of rotatable bonds is 4. The molecule has 2 heterocycles. The summed E-state index contributed by atoms with van der Waals surface area (Å²) in [5, 5.41) is 4.07. The summed E-state index contributed by atoms with van der Waals surface area (Å²) in [4.78, 5) is 13.9. The van der Waals surface area contributed by atoms with Gasteiger partial charge in [0.1, 0.15) is 4.90 Å². The maximum atomic E-state index is 12.2. The van der Waals surface area contributed by atoms with Gasteiger partial charge in [-0.25, -0.2) is 13.1 Å².